The number of carbonyl (C=O) groups excluding carboxylic acids is 1. The van der Waals surface area contributed by atoms with Crippen molar-refractivity contribution in [1.29, 1.82) is 0 Å². The summed E-state index contributed by atoms with van der Waals surface area (Å²) in [5, 5.41) is 7.46. The molecule has 0 saturated heterocycles. The van der Waals surface area contributed by atoms with Crippen molar-refractivity contribution >= 4 is 23.0 Å². The number of fused-ring (bicyclic) bond motifs is 1. The third-order valence-electron chi connectivity index (χ3n) is 4.62. The summed E-state index contributed by atoms with van der Waals surface area (Å²) in [6, 6.07) is 17.7. The van der Waals surface area contributed by atoms with Crippen LogP contribution in [0, 0.1) is 13.8 Å². The summed E-state index contributed by atoms with van der Waals surface area (Å²) in [6.45, 7) is 4.29. The molecule has 6 nitrogen and oxygen atoms in total. The Morgan fingerprint density at radius 3 is 2.64 bits per heavy atom. The van der Waals surface area contributed by atoms with E-state index in [1.54, 1.807) is 0 Å². The second-order valence-corrected chi connectivity index (χ2v) is 6.58. The van der Waals surface area contributed by atoms with Gasteiger partial charge in [0.2, 0.25) is 5.91 Å². The minimum Gasteiger partial charge on any atom is -0.345 e. The maximum absolute atomic E-state index is 12.2. The van der Waals surface area contributed by atoms with E-state index in [1.807, 2.05) is 79.2 Å². The average molecular weight is 371 g/mol. The Morgan fingerprint density at radius 2 is 1.86 bits per heavy atom. The van der Waals surface area contributed by atoms with Crippen molar-refractivity contribution in [2.75, 3.05) is 0 Å². The van der Waals surface area contributed by atoms with Crippen molar-refractivity contribution < 1.29 is 4.79 Å². The third kappa shape index (κ3) is 3.57. The van der Waals surface area contributed by atoms with Crippen molar-refractivity contribution in [3.8, 4) is 5.69 Å². The van der Waals surface area contributed by atoms with Gasteiger partial charge in [-0.15, -0.1) is 0 Å². The SMILES string of the molecule is Cc1nn(-c2ccccc2)c(C)c1C=CC(=O)NCc1nc2ccccc2[nH]1. The lowest BCUT2D eigenvalue weighted by atomic mass is 10.2. The van der Waals surface area contributed by atoms with Crippen LogP contribution in [0.4, 0.5) is 0 Å². The fourth-order valence-corrected chi connectivity index (χ4v) is 3.19. The van der Waals surface area contributed by atoms with Gasteiger partial charge >= 0.3 is 0 Å². The number of amides is 1. The van der Waals surface area contributed by atoms with E-state index in [-0.39, 0.29) is 5.91 Å². The number of rotatable bonds is 5. The monoisotopic (exact) mass is 371 g/mol. The molecule has 0 aliphatic carbocycles. The number of hydrogen-bond donors (Lipinski definition) is 2. The highest BCUT2D eigenvalue weighted by Gasteiger charge is 2.11. The molecule has 0 unspecified atom stereocenters. The molecule has 2 aromatic heterocycles. The molecule has 0 spiro atoms. The number of aromatic amines is 1. The van der Waals surface area contributed by atoms with Gasteiger partial charge in [0.1, 0.15) is 5.82 Å². The van der Waals surface area contributed by atoms with Crippen molar-refractivity contribution in [3.63, 3.8) is 0 Å². The lowest BCUT2D eigenvalue weighted by Crippen LogP contribution is -2.20. The van der Waals surface area contributed by atoms with Gasteiger partial charge in [0.05, 0.1) is 29.0 Å². The normalized spacial score (nSPS) is 11.4. The van der Waals surface area contributed by atoms with E-state index in [0.717, 1.165) is 39.5 Å². The van der Waals surface area contributed by atoms with E-state index >= 15 is 0 Å². The Kier molecular flexibility index (Phi) is 4.76. The average Bonchev–Trinajstić information content (AvgIpc) is 3.26. The van der Waals surface area contributed by atoms with Crippen molar-refractivity contribution in [2.24, 2.45) is 0 Å². The van der Waals surface area contributed by atoms with E-state index in [4.69, 9.17) is 0 Å². The molecule has 0 aliphatic heterocycles. The molecule has 4 aromatic rings. The van der Waals surface area contributed by atoms with Crippen LogP contribution in [0.15, 0.2) is 60.7 Å². The lowest BCUT2D eigenvalue weighted by Gasteiger charge is -2.03. The number of aryl methyl sites for hydroxylation is 1. The molecular formula is C22H21N5O. The Labute approximate surface area is 162 Å². The van der Waals surface area contributed by atoms with Crippen LogP contribution in [0.5, 0.6) is 0 Å². The van der Waals surface area contributed by atoms with Crippen LogP contribution in [0.2, 0.25) is 0 Å². The van der Waals surface area contributed by atoms with Crippen LogP contribution < -0.4 is 5.32 Å². The quantitative estimate of drug-likeness (QED) is 0.525. The van der Waals surface area contributed by atoms with Gasteiger partial charge < -0.3 is 10.3 Å². The highest BCUT2D eigenvalue weighted by molar-refractivity contribution is 5.92. The Bertz CT molecular complexity index is 1120. The van der Waals surface area contributed by atoms with Gasteiger partial charge in [-0.3, -0.25) is 4.79 Å². The maximum Gasteiger partial charge on any atom is 0.244 e. The lowest BCUT2D eigenvalue weighted by molar-refractivity contribution is -0.116. The summed E-state index contributed by atoms with van der Waals surface area (Å²) < 4.78 is 1.89. The number of aromatic nitrogens is 4. The summed E-state index contributed by atoms with van der Waals surface area (Å²) in [6.07, 6.45) is 3.35. The number of H-pyrrole nitrogens is 1. The minimum atomic E-state index is -0.174. The van der Waals surface area contributed by atoms with E-state index in [1.165, 1.54) is 6.08 Å². The highest BCUT2D eigenvalue weighted by Crippen LogP contribution is 2.19. The molecule has 2 N–H and O–H groups in total. The Balaban J connectivity index is 1.45. The first-order valence-electron chi connectivity index (χ1n) is 9.13. The van der Waals surface area contributed by atoms with Gasteiger partial charge in [0.15, 0.2) is 0 Å². The predicted molar refractivity (Wildman–Crippen MR) is 110 cm³/mol. The van der Waals surface area contributed by atoms with Crippen molar-refractivity contribution in [3.05, 3.63) is 83.4 Å². The molecule has 2 aromatic carbocycles. The third-order valence-corrected chi connectivity index (χ3v) is 4.62. The summed E-state index contributed by atoms with van der Waals surface area (Å²) in [5.41, 5.74) is 5.66. The zero-order valence-corrected chi connectivity index (χ0v) is 15.8. The van der Waals surface area contributed by atoms with Gasteiger partial charge in [-0.2, -0.15) is 5.10 Å². The number of para-hydroxylation sites is 3. The maximum atomic E-state index is 12.2. The molecule has 28 heavy (non-hydrogen) atoms. The first-order valence-corrected chi connectivity index (χ1v) is 9.13. The van der Waals surface area contributed by atoms with E-state index < -0.39 is 0 Å². The molecule has 0 radical (unpaired) electrons. The fraction of sp³-hybridized carbons (Fsp3) is 0.136. The number of nitrogens with zero attached hydrogens (tertiary/aromatic N) is 3. The molecule has 0 atom stereocenters. The van der Waals surface area contributed by atoms with Gasteiger partial charge in [-0.25, -0.2) is 9.67 Å². The summed E-state index contributed by atoms with van der Waals surface area (Å²) in [7, 11) is 0. The predicted octanol–water partition coefficient (Wildman–Crippen LogP) is 3.70. The number of benzene rings is 2. The molecule has 0 bridgehead atoms. The van der Waals surface area contributed by atoms with Crippen LogP contribution in [-0.2, 0) is 11.3 Å². The van der Waals surface area contributed by atoms with E-state index in [9.17, 15) is 4.79 Å². The second-order valence-electron chi connectivity index (χ2n) is 6.58. The van der Waals surface area contributed by atoms with Gasteiger partial charge in [0.25, 0.3) is 0 Å². The molecule has 2 heterocycles. The molecule has 0 fully saturated rings. The summed E-state index contributed by atoms with van der Waals surface area (Å²) >= 11 is 0. The first kappa shape index (κ1) is 17.7. The molecule has 0 saturated carbocycles. The molecular weight excluding hydrogens is 350 g/mol. The van der Waals surface area contributed by atoms with E-state index in [0.29, 0.717) is 6.54 Å². The molecule has 0 aliphatic rings. The highest BCUT2D eigenvalue weighted by atomic mass is 16.1. The van der Waals surface area contributed by atoms with Crippen LogP contribution in [0.25, 0.3) is 22.8 Å². The Morgan fingerprint density at radius 1 is 1.11 bits per heavy atom. The minimum absolute atomic E-state index is 0.174. The smallest absolute Gasteiger partial charge is 0.244 e. The van der Waals surface area contributed by atoms with Crippen molar-refractivity contribution in [1.82, 2.24) is 25.1 Å². The van der Waals surface area contributed by atoms with Crippen LogP contribution in [0.3, 0.4) is 0 Å². The summed E-state index contributed by atoms with van der Waals surface area (Å²) in [5.74, 6) is 0.555. The van der Waals surface area contributed by atoms with Crippen LogP contribution in [0.1, 0.15) is 22.8 Å². The largest absolute Gasteiger partial charge is 0.345 e. The standard InChI is InChI=1S/C22H21N5O/c1-15-18(16(2)27(26-15)17-8-4-3-5-9-17)12-13-22(28)23-14-21-24-19-10-6-7-11-20(19)25-21/h3-13H,14H2,1-2H3,(H,23,28)(H,24,25). The van der Waals surface area contributed by atoms with Crippen LogP contribution in [-0.4, -0.2) is 25.7 Å². The zero-order chi connectivity index (χ0) is 19.5. The topological polar surface area (TPSA) is 75.6 Å². The molecule has 4 rings (SSSR count). The van der Waals surface area contributed by atoms with E-state index in [2.05, 4.69) is 20.4 Å². The first-order chi connectivity index (χ1) is 13.6. The van der Waals surface area contributed by atoms with Crippen LogP contribution >= 0.6 is 0 Å². The number of carbonyl (C=O) groups is 1. The van der Waals surface area contributed by atoms with Gasteiger partial charge in [-0.1, -0.05) is 30.3 Å². The van der Waals surface area contributed by atoms with Crippen molar-refractivity contribution in [2.45, 2.75) is 20.4 Å². The summed E-state index contributed by atoms with van der Waals surface area (Å²) in [4.78, 5) is 19.9. The molecule has 6 heteroatoms. The van der Waals surface area contributed by atoms with Gasteiger partial charge in [0, 0.05) is 17.3 Å². The zero-order valence-electron chi connectivity index (χ0n) is 15.8. The fourth-order valence-electron chi connectivity index (χ4n) is 3.19. The number of imidazole rings is 1. The molecule has 140 valence electrons. The molecule has 1 amide bonds. The number of hydrogen-bond acceptors (Lipinski definition) is 3. The Hall–Kier alpha value is -3.67. The van der Waals surface area contributed by atoms with Gasteiger partial charge in [-0.05, 0) is 44.2 Å². The number of nitrogens with one attached hydrogen (secondary N) is 2. The second kappa shape index (κ2) is 7.52.